The number of carbonyl (C=O) groups is 4. The first-order valence-electron chi connectivity index (χ1n) is 8.68. The van der Waals surface area contributed by atoms with E-state index in [1.165, 1.54) is 6.92 Å². The number of ether oxygens (including phenoxy) is 3. The first-order chi connectivity index (χ1) is 14.3. The van der Waals surface area contributed by atoms with Gasteiger partial charge >= 0.3 is 5.97 Å². The Morgan fingerprint density at radius 1 is 0.581 bits per heavy atom. The van der Waals surface area contributed by atoms with Crippen molar-refractivity contribution in [2.75, 3.05) is 52.9 Å². The molecule has 0 heterocycles. The molecule has 0 aliphatic carbocycles. The minimum absolute atomic E-state index is 0.0413. The molecule has 0 fully saturated rings. The zero-order chi connectivity index (χ0) is 25.7. The van der Waals surface area contributed by atoms with Gasteiger partial charge in [0.2, 0.25) is 0 Å². The van der Waals surface area contributed by atoms with Crippen molar-refractivity contribution in [3.05, 3.63) is 12.2 Å². The zero-order valence-electron chi connectivity index (χ0n) is 18.4. The van der Waals surface area contributed by atoms with Gasteiger partial charge in [0.15, 0.2) is 0 Å². The molecule has 13 heteroatoms. The standard InChI is InChI=1S/C8H18O5.C4H6O2.3C2H4O2/c9-1-3-11-5-7-13-8-6-12-4-2-10;1-3(2)4(5)6;3*1-2(3)4/h9-10H,1-8H2;1H2,2H3,(H,5,6);3*1H3,(H,3,4). The fourth-order valence-electron chi connectivity index (χ4n) is 0.671. The van der Waals surface area contributed by atoms with E-state index in [2.05, 4.69) is 6.58 Å². The van der Waals surface area contributed by atoms with Gasteiger partial charge in [0, 0.05) is 26.3 Å². The van der Waals surface area contributed by atoms with Gasteiger partial charge in [0.1, 0.15) is 0 Å². The van der Waals surface area contributed by atoms with Gasteiger partial charge in [0.05, 0.1) is 52.9 Å². The van der Waals surface area contributed by atoms with E-state index in [0.29, 0.717) is 39.6 Å². The van der Waals surface area contributed by atoms with Crippen molar-refractivity contribution in [1.29, 1.82) is 0 Å². The molecule has 13 nitrogen and oxygen atoms in total. The molecule has 0 unspecified atom stereocenters. The second-order valence-electron chi connectivity index (χ2n) is 4.93. The van der Waals surface area contributed by atoms with Crippen molar-refractivity contribution >= 4 is 23.9 Å². The highest BCUT2D eigenvalue weighted by atomic mass is 16.5. The van der Waals surface area contributed by atoms with E-state index in [-0.39, 0.29) is 18.8 Å². The van der Waals surface area contributed by atoms with Crippen LogP contribution in [-0.2, 0) is 33.4 Å². The number of aliphatic hydroxyl groups is 2. The molecule has 0 atom stereocenters. The fourth-order valence-corrected chi connectivity index (χ4v) is 0.671. The molecule has 31 heavy (non-hydrogen) atoms. The van der Waals surface area contributed by atoms with Crippen LogP contribution in [0, 0.1) is 0 Å². The van der Waals surface area contributed by atoms with E-state index < -0.39 is 23.9 Å². The highest BCUT2D eigenvalue weighted by Gasteiger charge is 1.90. The van der Waals surface area contributed by atoms with Crippen LogP contribution in [0.3, 0.4) is 0 Å². The van der Waals surface area contributed by atoms with Crippen LogP contribution in [0.5, 0.6) is 0 Å². The number of aliphatic hydroxyl groups excluding tert-OH is 2. The van der Waals surface area contributed by atoms with Crippen molar-refractivity contribution in [3.8, 4) is 0 Å². The third-order valence-electron chi connectivity index (χ3n) is 1.58. The predicted molar refractivity (Wildman–Crippen MR) is 109 cm³/mol. The van der Waals surface area contributed by atoms with Gasteiger partial charge in [-0.3, -0.25) is 14.4 Å². The van der Waals surface area contributed by atoms with Crippen molar-refractivity contribution < 1.29 is 64.0 Å². The molecule has 0 amide bonds. The van der Waals surface area contributed by atoms with Gasteiger partial charge in [-0.05, 0) is 6.92 Å². The van der Waals surface area contributed by atoms with E-state index in [1.54, 1.807) is 0 Å². The number of aliphatic carboxylic acids is 4. The Morgan fingerprint density at radius 3 is 0.871 bits per heavy atom. The first-order valence-corrected chi connectivity index (χ1v) is 8.68. The van der Waals surface area contributed by atoms with Crippen LogP contribution < -0.4 is 0 Å². The van der Waals surface area contributed by atoms with E-state index >= 15 is 0 Å². The van der Waals surface area contributed by atoms with Gasteiger partial charge < -0.3 is 44.8 Å². The Hall–Kier alpha value is -2.58. The smallest absolute Gasteiger partial charge is 0.330 e. The summed E-state index contributed by atoms with van der Waals surface area (Å²) in [6.07, 6.45) is 0. The van der Waals surface area contributed by atoms with Crippen molar-refractivity contribution in [3.63, 3.8) is 0 Å². The van der Waals surface area contributed by atoms with Crippen LogP contribution >= 0.6 is 0 Å². The summed E-state index contributed by atoms with van der Waals surface area (Å²) in [6.45, 7) is 10.6. The molecule has 0 aromatic carbocycles. The molecule has 0 aromatic heterocycles. The third kappa shape index (κ3) is 136. The summed E-state index contributed by atoms with van der Waals surface area (Å²) >= 11 is 0. The normalized spacial score (nSPS) is 8.32. The number of carboxylic acids is 4. The Labute approximate surface area is 181 Å². The zero-order valence-corrected chi connectivity index (χ0v) is 18.4. The third-order valence-corrected chi connectivity index (χ3v) is 1.58. The summed E-state index contributed by atoms with van der Waals surface area (Å²) in [5.41, 5.74) is 0.176. The SMILES string of the molecule is C=C(C)C(=O)O.CC(=O)O.CC(=O)O.CC(=O)O.OCCOCCOCCOCCO. The molecule has 0 spiro atoms. The number of hydrogen-bond donors (Lipinski definition) is 6. The van der Waals surface area contributed by atoms with E-state index in [9.17, 15) is 4.79 Å². The second kappa shape index (κ2) is 34.9. The van der Waals surface area contributed by atoms with Crippen LogP contribution in [0.15, 0.2) is 12.2 Å². The molecular weight excluding hydrogens is 424 g/mol. The predicted octanol–water partition coefficient (Wildman–Crippen LogP) is -0.0594. The van der Waals surface area contributed by atoms with Crippen molar-refractivity contribution in [1.82, 2.24) is 0 Å². The number of rotatable bonds is 11. The van der Waals surface area contributed by atoms with E-state index in [0.717, 1.165) is 20.8 Å². The van der Waals surface area contributed by atoms with Crippen LogP contribution in [0.25, 0.3) is 0 Å². The Bertz CT molecular complexity index is 387. The minimum Gasteiger partial charge on any atom is -0.481 e. The lowest BCUT2D eigenvalue weighted by Gasteiger charge is -2.04. The molecule has 6 N–H and O–H groups in total. The maximum atomic E-state index is 9.60. The van der Waals surface area contributed by atoms with Crippen molar-refractivity contribution in [2.24, 2.45) is 0 Å². The average molecular weight is 460 g/mol. The van der Waals surface area contributed by atoms with E-state index in [4.69, 9.17) is 59.2 Å². The summed E-state index contributed by atoms with van der Waals surface area (Å²) in [5.74, 6) is -3.44. The molecule has 0 aliphatic rings. The highest BCUT2D eigenvalue weighted by Crippen LogP contribution is 1.81. The molecule has 0 radical (unpaired) electrons. The van der Waals surface area contributed by atoms with Crippen LogP contribution in [-0.4, -0.2) is 107 Å². The molecule has 0 saturated heterocycles. The molecule has 0 aliphatic heterocycles. The number of hydrogen-bond acceptors (Lipinski definition) is 9. The van der Waals surface area contributed by atoms with Crippen LogP contribution in [0.2, 0.25) is 0 Å². The summed E-state index contributed by atoms with van der Waals surface area (Å²) in [6, 6.07) is 0. The molecule has 0 aromatic rings. The Kier molecular flexibility index (Phi) is 43.9. The van der Waals surface area contributed by atoms with Crippen molar-refractivity contribution in [2.45, 2.75) is 27.7 Å². The van der Waals surface area contributed by atoms with Crippen LogP contribution in [0.1, 0.15) is 27.7 Å². The lowest BCUT2D eigenvalue weighted by Crippen LogP contribution is -2.11. The minimum atomic E-state index is -0.935. The Morgan fingerprint density at radius 2 is 0.742 bits per heavy atom. The monoisotopic (exact) mass is 460 g/mol. The lowest BCUT2D eigenvalue weighted by atomic mass is 10.4. The topological polar surface area (TPSA) is 217 Å². The second-order valence-corrected chi connectivity index (χ2v) is 4.93. The summed E-state index contributed by atoms with van der Waals surface area (Å²) in [7, 11) is 0. The largest absolute Gasteiger partial charge is 0.481 e. The van der Waals surface area contributed by atoms with Gasteiger partial charge in [-0.2, -0.15) is 0 Å². The quantitative estimate of drug-likeness (QED) is 0.176. The van der Waals surface area contributed by atoms with Crippen LogP contribution in [0.4, 0.5) is 0 Å². The highest BCUT2D eigenvalue weighted by molar-refractivity contribution is 5.84. The van der Waals surface area contributed by atoms with Gasteiger partial charge in [-0.25, -0.2) is 4.79 Å². The van der Waals surface area contributed by atoms with Gasteiger partial charge in [0.25, 0.3) is 17.9 Å². The molecular formula is C18H36O13. The molecule has 0 rings (SSSR count). The fraction of sp³-hybridized carbons (Fsp3) is 0.667. The average Bonchev–Trinajstić information content (AvgIpc) is 2.59. The number of carboxylic acid groups (broad SMARTS) is 4. The maximum absolute atomic E-state index is 9.60. The molecule has 0 saturated carbocycles. The molecule has 186 valence electrons. The lowest BCUT2D eigenvalue weighted by molar-refractivity contribution is -0.135. The van der Waals surface area contributed by atoms with Gasteiger partial charge in [-0.15, -0.1) is 0 Å². The summed E-state index contributed by atoms with van der Waals surface area (Å²) in [5, 5.41) is 46.9. The summed E-state index contributed by atoms with van der Waals surface area (Å²) < 4.78 is 15.0. The van der Waals surface area contributed by atoms with E-state index in [1.807, 2.05) is 0 Å². The molecule has 0 bridgehead atoms. The Balaban J connectivity index is -0.000000104. The maximum Gasteiger partial charge on any atom is 0.330 e. The first kappa shape index (κ1) is 39.0. The summed E-state index contributed by atoms with van der Waals surface area (Å²) in [4.78, 5) is 36.6. The van der Waals surface area contributed by atoms with Gasteiger partial charge in [-0.1, -0.05) is 6.58 Å².